The minimum absolute atomic E-state index is 0.213. The van der Waals surface area contributed by atoms with Crippen molar-refractivity contribution in [1.82, 2.24) is 19.9 Å². The maximum absolute atomic E-state index is 13.0. The Balaban J connectivity index is 1.63. The molecule has 1 saturated heterocycles. The van der Waals surface area contributed by atoms with Crippen LogP contribution in [0.3, 0.4) is 0 Å². The van der Waals surface area contributed by atoms with E-state index in [0.717, 1.165) is 5.56 Å². The van der Waals surface area contributed by atoms with Gasteiger partial charge in [0.15, 0.2) is 0 Å². The molecule has 1 aliphatic rings. The van der Waals surface area contributed by atoms with Gasteiger partial charge in [-0.1, -0.05) is 6.07 Å². The zero-order chi connectivity index (χ0) is 17.2. The van der Waals surface area contributed by atoms with Crippen LogP contribution in [0.2, 0.25) is 0 Å². The Morgan fingerprint density at radius 1 is 1.04 bits per heavy atom. The van der Waals surface area contributed by atoms with Crippen molar-refractivity contribution in [2.24, 2.45) is 0 Å². The number of hydrogen-bond donors (Lipinski definition) is 0. The summed E-state index contributed by atoms with van der Waals surface area (Å²) < 4.78 is 39.0. The van der Waals surface area contributed by atoms with E-state index in [-0.39, 0.29) is 12.1 Å². The molecule has 0 bridgehead atoms. The molecule has 0 unspecified atom stereocenters. The van der Waals surface area contributed by atoms with Crippen LogP contribution in [0.15, 0.2) is 30.7 Å². The molecule has 0 amide bonds. The highest BCUT2D eigenvalue weighted by Crippen LogP contribution is 2.30. The molecule has 0 radical (unpaired) electrons. The van der Waals surface area contributed by atoms with Crippen LogP contribution in [-0.2, 0) is 12.7 Å². The Morgan fingerprint density at radius 3 is 2.33 bits per heavy atom. The lowest BCUT2D eigenvalue weighted by atomic mass is 10.1. The Morgan fingerprint density at radius 2 is 1.71 bits per heavy atom. The third-order valence-electron chi connectivity index (χ3n) is 3.98. The molecule has 0 N–H and O–H groups in total. The highest BCUT2D eigenvalue weighted by Gasteiger charge is 2.35. The van der Waals surface area contributed by atoms with Gasteiger partial charge in [0.2, 0.25) is 5.95 Å². The Bertz CT molecular complexity index is 679. The first-order valence-corrected chi connectivity index (χ1v) is 7.70. The topological polar surface area (TPSA) is 45.2 Å². The summed E-state index contributed by atoms with van der Waals surface area (Å²) in [4.78, 5) is 16.1. The molecular weight excluding hydrogens is 319 g/mol. The fraction of sp³-hybridized carbons (Fsp3) is 0.438. The van der Waals surface area contributed by atoms with Crippen molar-refractivity contribution in [3.05, 3.63) is 47.5 Å². The van der Waals surface area contributed by atoms with Crippen LogP contribution in [0.5, 0.6) is 0 Å². The molecule has 24 heavy (non-hydrogen) atoms. The number of aryl methyl sites for hydroxylation is 1. The maximum atomic E-state index is 13.0. The fourth-order valence-electron chi connectivity index (χ4n) is 2.72. The molecule has 3 rings (SSSR count). The number of halogens is 3. The van der Waals surface area contributed by atoms with Crippen molar-refractivity contribution in [2.75, 3.05) is 31.1 Å². The van der Waals surface area contributed by atoms with Crippen LogP contribution in [0.4, 0.5) is 19.1 Å². The summed E-state index contributed by atoms with van der Waals surface area (Å²) in [7, 11) is 0. The Labute approximate surface area is 138 Å². The SMILES string of the molecule is Cc1cnc(N2CCN(Cc3cccnc3C(F)(F)F)CC2)nc1. The lowest BCUT2D eigenvalue weighted by Crippen LogP contribution is -2.46. The second-order valence-corrected chi connectivity index (χ2v) is 5.83. The molecule has 0 aromatic carbocycles. The molecule has 0 spiro atoms. The van der Waals surface area contributed by atoms with Crippen LogP contribution in [0.25, 0.3) is 0 Å². The largest absolute Gasteiger partial charge is 0.433 e. The summed E-state index contributed by atoms with van der Waals surface area (Å²) in [6.45, 7) is 4.85. The van der Waals surface area contributed by atoms with Crippen LogP contribution in [0, 0.1) is 6.92 Å². The second kappa shape index (κ2) is 6.72. The second-order valence-electron chi connectivity index (χ2n) is 5.83. The van der Waals surface area contributed by atoms with Crippen molar-refractivity contribution in [2.45, 2.75) is 19.6 Å². The van der Waals surface area contributed by atoms with Crippen LogP contribution in [-0.4, -0.2) is 46.0 Å². The van der Waals surface area contributed by atoms with E-state index in [1.54, 1.807) is 18.5 Å². The molecule has 0 aliphatic carbocycles. The summed E-state index contributed by atoms with van der Waals surface area (Å²) in [5.41, 5.74) is 0.410. The molecule has 8 heteroatoms. The molecule has 3 heterocycles. The maximum Gasteiger partial charge on any atom is 0.433 e. The lowest BCUT2D eigenvalue weighted by Gasteiger charge is -2.35. The van der Waals surface area contributed by atoms with Gasteiger partial charge in [-0.2, -0.15) is 13.2 Å². The number of nitrogens with zero attached hydrogens (tertiary/aromatic N) is 5. The molecule has 1 fully saturated rings. The van der Waals surface area contributed by atoms with Gasteiger partial charge < -0.3 is 4.90 Å². The van der Waals surface area contributed by atoms with Gasteiger partial charge in [0.05, 0.1) is 0 Å². The Kier molecular flexibility index (Phi) is 4.66. The minimum Gasteiger partial charge on any atom is -0.338 e. The summed E-state index contributed by atoms with van der Waals surface area (Å²) in [5.74, 6) is 0.664. The van der Waals surface area contributed by atoms with E-state index in [9.17, 15) is 13.2 Å². The van der Waals surface area contributed by atoms with Gasteiger partial charge in [-0.15, -0.1) is 0 Å². The minimum atomic E-state index is -4.42. The van der Waals surface area contributed by atoms with Crippen molar-refractivity contribution in [3.63, 3.8) is 0 Å². The van der Waals surface area contributed by atoms with Crippen LogP contribution >= 0.6 is 0 Å². The monoisotopic (exact) mass is 337 g/mol. The molecule has 2 aromatic rings. The predicted molar refractivity (Wildman–Crippen MR) is 83.5 cm³/mol. The summed E-state index contributed by atoms with van der Waals surface area (Å²) in [5, 5.41) is 0. The molecule has 128 valence electrons. The van der Waals surface area contributed by atoms with Crippen LogP contribution < -0.4 is 4.90 Å². The smallest absolute Gasteiger partial charge is 0.338 e. The predicted octanol–water partition coefficient (Wildman–Crippen LogP) is 2.52. The van der Waals surface area contributed by atoms with E-state index in [2.05, 4.69) is 15.0 Å². The van der Waals surface area contributed by atoms with Crippen molar-refractivity contribution >= 4 is 5.95 Å². The number of alkyl halides is 3. The summed E-state index contributed by atoms with van der Waals surface area (Å²) in [6.07, 6.45) is 0.285. The van der Waals surface area contributed by atoms with Gasteiger partial charge in [-0.05, 0) is 24.1 Å². The number of aromatic nitrogens is 3. The van der Waals surface area contributed by atoms with Gasteiger partial charge in [-0.25, -0.2) is 9.97 Å². The Hall–Kier alpha value is -2.22. The van der Waals surface area contributed by atoms with E-state index in [1.807, 2.05) is 16.7 Å². The molecule has 0 atom stereocenters. The zero-order valence-corrected chi connectivity index (χ0v) is 13.3. The van der Waals surface area contributed by atoms with E-state index >= 15 is 0 Å². The fourth-order valence-corrected chi connectivity index (χ4v) is 2.72. The zero-order valence-electron chi connectivity index (χ0n) is 13.3. The van der Waals surface area contributed by atoms with E-state index in [1.165, 1.54) is 12.3 Å². The molecule has 0 saturated carbocycles. The normalized spacial score (nSPS) is 16.4. The van der Waals surface area contributed by atoms with Crippen molar-refractivity contribution in [1.29, 1.82) is 0 Å². The van der Waals surface area contributed by atoms with Gasteiger partial charge in [0.25, 0.3) is 0 Å². The van der Waals surface area contributed by atoms with E-state index in [4.69, 9.17) is 0 Å². The lowest BCUT2D eigenvalue weighted by molar-refractivity contribution is -0.142. The van der Waals surface area contributed by atoms with Gasteiger partial charge in [0, 0.05) is 51.3 Å². The van der Waals surface area contributed by atoms with E-state index in [0.29, 0.717) is 32.1 Å². The van der Waals surface area contributed by atoms with Gasteiger partial charge in [0.1, 0.15) is 5.69 Å². The average molecular weight is 337 g/mol. The highest BCUT2D eigenvalue weighted by molar-refractivity contribution is 5.30. The first-order chi connectivity index (χ1) is 11.4. The average Bonchev–Trinajstić information content (AvgIpc) is 2.56. The number of pyridine rings is 1. The van der Waals surface area contributed by atoms with Gasteiger partial charge >= 0.3 is 6.18 Å². The standard InChI is InChI=1S/C16H18F3N5/c1-12-9-21-15(22-10-12)24-7-5-23(6-8-24)11-13-3-2-4-20-14(13)16(17,18)19/h2-4,9-10H,5-8,11H2,1H3. The van der Waals surface area contributed by atoms with Crippen LogP contribution in [0.1, 0.15) is 16.8 Å². The summed E-state index contributed by atoms with van der Waals surface area (Å²) >= 11 is 0. The summed E-state index contributed by atoms with van der Waals surface area (Å²) in [6, 6.07) is 3.03. The number of piperazine rings is 1. The molecule has 2 aromatic heterocycles. The first kappa shape index (κ1) is 16.6. The van der Waals surface area contributed by atoms with Crippen molar-refractivity contribution < 1.29 is 13.2 Å². The third kappa shape index (κ3) is 3.81. The number of rotatable bonds is 3. The van der Waals surface area contributed by atoms with Gasteiger partial charge in [-0.3, -0.25) is 9.88 Å². The van der Waals surface area contributed by atoms with Crippen molar-refractivity contribution in [3.8, 4) is 0 Å². The third-order valence-corrected chi connectivity index (χ3v) is 3.98. The molecule has 1 aliphatic heterocycles. The number of anilines is 1. The van der Waals surface area contributed by atoms with E-state index < -0.39 is 11.9 Å². The molecular formula is C16H18F3N5. The number of hydrogen-bond acceptors (Lipinski definition) is 5. The first-order valence-electron chi connectivity index (χ1n) is 7.70. The quantitative estimate of drug-likeness (QED) is 0.861. The highest BCUT2D eigenvalue weighted by atomic mass is 19.4. The molecule has 5 nitrogen and oxygen atoms in total.